The summed E-state index contributed by atoms with van der Waals surface area (Å²) in [6, 6.07) is 15.9. The molecule has 7 heteroatoms. The maximum absolute atomic E-state index is 5.93. The minimum Gasteiger partial charge on any atom is -0.489 e. The van der Waals surface area contributed by atoms with Crippen molar-refractivity contribution in [1.29, 1.82) is 0 Å². The molecule has 0 bridgehead atoms. The van der Waals surface area contributed by atoms with E-state index in [0.717, 1.165) is 66.9 Å². The predicted octanol–water partition coefficient (Wildman–Crippen LogP) is 4.02. The van der Waals surface area contributed by atoms with Gasteiger partial charge in [0.05, 0.1) is 0 Å². The van der Waals surface area contributed by atoms with Gasteiger partial charge in [-0.15, -0.1) is 0 Å². The van der Waals surface area contributed by atoms with Crippen molar-refractivity contribution in [3.63, 3.8) is 0 Å². The van der Waals surface area contributed by atoms with Crippen LogP contribution in [0.3, 0.4) is 0 Å². The molecule has 1 fully saturated rings. The number of benzene rings is 2. The van der Waals surface area contributed by atoms with Gasteiger partial charge in [0.2, 0.25) is 5.95 Å². The molecule has 2 heterocycles. The van der Waals surface area contributed by atoms with Crippen LogP contribution in [0.1, 0.15) is 23.6 Å². The third-order valence-electron chi connectivity index (χ3n) is 5.62. The van der Waals surface area contributed by atoms with Crippen molar-refractivity contribution in [3.8, 4) is 5.75 Å². The van der Waals surface area contributed by atoms with E-state index in [4.69, 9.17) is 22.1 Å². The van der Waals surface area contributed by atoms with Gasteiger partial charge in [0, 0.05) is 49.4 Å². The molecule has 1 saturated heterocycles. The monoisotopic (exact) mass is 437 g/mol. The van der Waals surface area contributed by atoms with Crippen LogP contribution in [-0.2, 0) is 13.0 Å². The maximum atomic E-state index is 5.93. The standard InChI is InChI=1S/C24H28ClN5O/c1-2-29-11-13-30(14-12-29)23-20(16-27-24(26)28-23)15-18-5-9-22(10-6-18)31-17-19-3-7-21(25)8-4-19/h3-10,16H,2,11-15,17H2,1H3,(H2,26,27,28). The van der Waals surface area contributed by atoms with Crippen LogP contribution in [0.2, 0.25) is 5.02 Å². The minimum atomic E-state index is 0.322. The zero-order valence-corrected chi connectivity index (χ0v) is 18.6. The van der Waals surface area contributed by atoms with Crippen molar-refractivity contribution in [2.75, 3.05) is 43.4 Å². The molecule has 3 aromatic rings. The first-order chi connectivity index (χ1) is 15.1. The van der Waals surface area contributed by atoms with Gasteiger partial charge in [-0.3, -0.25) is 0 Å². The maximum Gasteiger partial charge on any atom is 0.221 e. The first-order valence-corrected chi connectivity index (χ1v) is 11.0. The van der Waals surface area contributed by atoms with Crippen LogP contribution < -0.4 is 15.4 Å². The van der Waals surface area contributed by atoms with E-state index >= 15 is 0 Å². The molecule has 0 spiro atoms. The van der Waals surface area contributed by atoms with Crippen molar-refractivity contribution in [1.82, 2.24) is 14.9 Å². The highest BCUT2D eigenvalue weighted by atomic mass is 35.5. The van der Waals surface area contributed by atoms with Crippen LogP contribution in [-0.4, -0.2) is 47.6 Å². The molecule has 162 valence electrons. The van der Waals surface area contributed by atoms with Crippen molar-refractivity contribution < 1.29 is 4.74 Å². The first-order valence-electron chi connectivity index (χ1n) is 10.7. The average molecular weight is 438 g/mol. The largest absolute Gasteiger partial charge is 0.489 e. The zero-order chi connectivity index (χ0) is 21.6. The summed E-state index contributed by atoms with van der Waals surface area (Å²) in [7, 11) is 0. The van der Waals surface area contributed by atoms with E-state index in [-0.39, 0.29) is 0 Å². The number of likely N-dealkylation sites (N-methyl/N-ethyl adjacent to an activating group) is 1. The highest BCUT2D eigenvalue weighted by molar-refractivity contribution is 6.30. The van der Waals surface area contributed by atoms with Gasteiger partial charge >= 0.3 is 0 Å². The Morgan fingerprint density at radius 1 is 0.968 bits per heavy atom. The number of ether oxygens (including phenoxy) is 1. The Bertz CT molecular complexity index is 986. The van der Waals surface area contributed by atoms with Crippen LogP contribution in [0.5, 0.6) is 5.75 Å². The molecule has 0 atom stereocenters. The number of halogens is 1. The van der Waals surface area contributed by atoms with Crippen molar-refractivity contribution in [3.05, 3.63) is 76.4 Å². The normalized spacial score (nSPS) is 14.6. The quantitative estimate of drug-likeness (QED) is 0.602. The lowest BCUT2D eigenvalue weighted by atomic mass is 10.1. The summed E-state index contributed by atoms with van der Waals surface area (Å²) in [5, 5.41) is 0.728. The Labute approximate surface area is 188 Å². The summed E-state index contributed by atoms with van der Waals surface area (Å²) in [5.74, 6) is 2.11. The van der Waals surface area contributed by atoms with Gasteiger partial charge in [-0.25, -0.2) is 4.98 Å². The number of nitrogen functional groups attached to an aromatic ring is 1. The van der Waals surface area contributed by atoms with Gasteiger partial charge in [-0.2, -0.15) is 4.98 Å². The number of nitrogens with two attached hydrogens (primary N) is 1. The Kier molecular flexibility index (Phi) is 6.89. The average Bonchev–Trinajstić information content (AvgIpc) is 2.81. The van der Waals surface area contributed by atoms with Gasteiger partial charge in [-0.05, 0) is 41.9 Å². The molecule has 1 aliphatic rings. The molecule has 0 unspecified atom stereocenters. The number of nitrogens with zero attached hydrogens (tertiary/aromatic N) is 4. The number of anilines is 2. The number of rotatable bonds is 7. The van der Waals surface area contributed by atoms with Crippen LogP contribution in [0, 0.1) is 0 Å². The molecule has 1 aromatic heterocycles. The van der Waals surface area contributed by atoms with E-state index in [2.05, 4.69) is 38.8 Å². The van der Waals surface area contributed by atoms with Crippen LogP contribution in [0.4, 0.5) is 11.8 Å². The van der Waals surface area contributed by atoms with Gasteiger partial charge in [-0.1, -0.05) is 42.8 Å². The summed E-state index contributed by atoms with van der Waals surface area (Å²) in [6.07, 6.45) is 2.61. The van der Waals surface area contributed by atoms with Gasteiger partial charge in [0.1, 0.15) is 18.2 Å². The fraction of sp³-hybridized carbons (Fsp3) is 0.333. The second kappa shape index (κ2) is 9.98. The van der Waals surface area contributed by atoms with E-state index < -0.39 is 0 Å². The highest BCUT2D eigenvalue weighted by Crippen LogP contribution is 2.24. The summed E-state index contributed by atoms with van der Waals surface area (Å²) in [6.45, 7) is 7.78. The molecule has 2 aromatic carbocycles. The summed E-state index contributed by atoms with van der Waals surface area (Å²) >= 11 is 5.93. The first kappa shape index (κ1) is 21.4. The summed E-state index contributed by atoms with van der Waals surface area (Å²) < 4.78 is 5.90. The fourth-order valence-electron chi connectivity index (χ4n) is 3.76. The molecule has 0 amide bonds. The number of hydrogen-bond acceptors (Lipinski definition) is 6. The molecular formula is C24H28ClN5O. The molecule has 1 aliphatic heterocycles. The Morgan fingerprint density at radius 3 is 2.32 bits per heavy atom. The lowest BCUT2D eigenvalue weighted by Gasteiger charge is -2.35. The number of aromatic nitrogens is 2. The molecular weight excluding hydrogens is 410 g/mol. The molecule has 4 rings (SSSR count). The molecule has 0 aliphatic carbocycles. The SMILES string of the molecule is CCN1CCN(c2nc(N)ncc2Cc2ccc(OCc3ccc(Cl)cc3)cc2)CC1. The van der Waals surface area contributed by atoms with Crippen LogP contribution in [0.25, 0.3) is 0 Å². The summed E-state index contributed by atoms with van der Waals surface area (Å²) in [5.41, 5.74) is 9.26. The topological polar surface area (TPSA) is 67.5 Å². The van der Waals surface area contributed by atoms with E-state index in [0.29, 0.717) is 12.6 Å². The smallest absolute Gasteiger partial charge is 0.221 e. The van der Waals surface area contributed by atoms with Crippen molar-refractivity contribution in [2.45, 2.75) is 20.0 Å². The van der Waals surface area contributed by atoms with Crippen molar-refractivity contribution >= 4 is 23.4 Å². The van der Waals surface area contributed by atoms with E-state index in [1.165, 1.54) is 5.56 Å². The second-order valence-electron chi connectivity index (χ2n) is 7.73. The van der Waals surface area contributed by atoms with Crippen LogP contribution >= 0.6 is 11.6 Å². The van der Waals surface area contributed by atoms with Gasteiger partial charge in [0.25, 0.3) is 0 Å². The Balaban J connectivity index is 1.41. The van der Waals surface area contributed by atoms with Gasteiger partial charge in [0.15, 0.2) is 0 Å². The number of piperazine rings is 1. The third kappa shape index (κ3) is 5.66. The van der Waals surface area contributed by atoms with E-state index in [1.54, 1.807) is 0 Å². The highest BCUT2D eigenvalue weighted by Gasteiger charge is 2.20. The lowest BCUT2D eigenvalue weighted by Crippen LogP contribution is -2.46. The minimum absolute atomic E-state index is 0.322. The van der Waals surface area contributed by atoms with Crippen molar-refractivity contribution in [2.24, 2.45) is 0 Å². The zero-order valence-electron chi connectivity index (χ0n) is 17.8. The predicted molar refractivity (Wildman–Crippen MR) is 126 cm³/mol. The lowest BCUT2D eigenvalue weighted by molar-refractivity contribution is 0.270. The third-order valence-corrected chi connectivity index (χ3v) is 5.87. The second-order valence-corrected chi connectivity index (χ2v) is 8.17. The van der Waals surface area contributed by atoms with Crippen LogP contribution in [0.15, 0.2) is 54.7 Å². The molecule has 31 heavy (non-hydrogen) atoms. The molecule has 0 radical (unpaired) electrons. The molecule has 0 saturated carbocycles. The fourth-order valence-corrected chi connectivity index (χ4v) is 3.88. The Morgan fingerprint density at radius 2 is 1.65 bits per heavy atom. The summed E-state index contributed by atoms with van der Waals surface area (Å²) in [4.78, 5) is 13.6. The number of hydrogen-bond donors (Lipinski definition) is 1. The van der Waals surface area contributed by atoms with E-state index in [9.17, 15) is 0 Å². The van der Waals surface area contributed by atoms with E-state index in [1.807, 2.05) is 42.6 Å². The van der Waals surface area contributed by atoms with Gasteiger partial charge < -0.3 is 20.3 Å². The molecule has 2 N–H and O–H groups in total. The molecule has 6 nitrogen and oxygen atoms in total. The Hall–Kier alpha value is -2.83.